The van der Waals surface area contributed by atoms with Crippen LogP contribution in [0.25, 0.3) is 0 Å². The van der Waals surface area contributed by atoms with Crippen LogP contribution >= 0.6 is 0 Å². The van der Waals surface area contributed by atoms with Crippen molar-refractivity contribution in [2.24, 2.45) is 0 Å². The van der Waals surface area contributed by atoms with Gasteiger partial charge < -0.3 is 5.32 Å². The molecule has 2 fully saturated rings. The number of nitrogens with one attached hydrogen (secondary N) is 1. The van der Waals surface area contributed by atoms with Crippen LogP contribution in [0, 0.1) is 0 Å². The number of sulfone groups is 1. The lowest BCUT2D eigenvalue weighted by Crippen LogP contribution is -2.63. The van der Waals surface area contributed by atoms with Gasteiger partial charge in [-0.05, 0) is 20.8 Å². The van der Waals surface area contributed by atoms with Crippen molar-refractivity contribution in [1.29, 1.82) is 0 Å². The van der Waals surface area contributed by atoms with E-state index in [9.17, 15) is 8.42 Å². The molecule has 0 aromatic heterocycles. The highest BCUT2D eigenvalue weighted by atomic mass is 32.2. The lowest BCUT2D eigenvalue weighted by molar-refractivity contribution is 0.0313. The van der Waals surface area contributed by atoms with Crippen molar-refractivity contribution < 1.29 is 8.42 Å². The van der Waals surface area contributed by atoms with Gasteiger partial charge in [0.25, 0.3) is 0 Å². The Morgan fingerprint density at radius 2 is 1.74 bits per heavy atom. The van der Waals surface area contributed by atoms with Crippen LogP contribution in [0.5, 0.6) is 0 Å². The minimum atomic E-state index is -2.98. The smallest absolute Gasteiger partial charge is 0.156 e. The average molecular weight is 289 g/mol. The van der Waals surface area contributed by atoms with Crippen LogP contribution in [0.4, 0.5) is 0 Å². The quantitative estimate of drug-likeness (QED) is 0.776. The van der Waals surface area contributed by atoms with Crippen LogP contribution in [0.2, 0.25) is 0 Å². The van der Waals surface area contributed by atoms with E-state index < -0.39 is 14.6 Å². The molecule has 0 spiro atoms. The van der Waals surface area contributed by atoms with Gasteiger partial charge in [-0.15, -0.1) is 0 Å². The number of hydrogen-bond donors (Lipinski definition) is 1. The molecule has 0 bridgehead atoms. The zero-order valence-electron chi connectivity index (χ0n) is 12.4. The van der Waals surface area contributed by atoms with Crippen molar-refractivity contribution in [3.8, 4) is 0 Å². The van der Waals surface area contributed by atoms with E-state index in [0.717, 1.165) is 39.3 Å². The monoisotopic (exact) mass is 289 g/mol. The molecule has 6 heteroatoms. The maximum atomic E-state index is 12.0. The molecule has 0 atom stereocenters. The van der Waals surface area contributed by atoms with Crippen molar-refractivity contribution in [2.45, 2.75) is 31.6 Å². The second-order valence-electron chi connectivity index (χ2n) is 6.63. The molecule has 0 radical (unpaired) electrons. The van der Waals surface area contributed by atoms with Gasteiger partial charge in [0.15, 0.2) is 9.84 Å². The minimum Gasteiger partial charge on any atom is -0.314 e. The molecule has 2 rings (SSSR count). The topological polar surface area (TPSA) is 52.7 Å². The fraction of sp³-hybridized carbons (Fsp3) is 1.00. The Morgan fingerprint density at radius 3 is 2.26 bits per heavy atom. The van der Waals surface area contributed by atoms with Crippen molar-refractivity contribution >= 4 is 9.84 Å². The summed E-state index contributed by atoms with van der Waals surface area (Å²) in [5.41, 5.74) is 0. The maximum absolute atomic E-state index is 12.0. The summed E-state index contributed by atoms with van der Waals surface area (Å²) < 4.78 is 23.4. The summed E-state index contributed by atoms with van der Waals surface area (Å²) in [5.74, 6) is 0.283. The summed E-state index contributed by atoms with van der Waals surface area (Å²) in [6.07, 6.45) is 0. The van der Waals surface area contributed by atoms with Crippen molar-refractivity contribution in [3.63, 3.8) is 0 Å². The Kier molecular flexibility index (Phi) is 4.55. The van der Waals surface area contributed by atoms with E-state index in [1.165, 1.54) is 0 Å². The van der Waals surface area contributed by atoms with Gasteiger partial charge in [0.1, 0.15) is 0 Å². The fourth-order valence-corrected chi connectivity index (χ4v) is 3.67. The van der Waals surface area contributed by atoms with E-state index in [2.05, 4.69) is 15.1 Å². The largest absolute Gasteiger partial charge is 0.314 e. The molecule has 0 unspecified atom stereocenters. The van der Waals surface area contributed by atoms with Gasteiger partial charge in [0.2, 0.25) is 0 Å². The van der Waals surface area contributed by atoms with E-state index in [-0.39, 0.29) is 5.75 Å². The van der Waals surface area contributed by atoms with Crippen LogP contribution < -0.4 is 5.32 Å². The number of nitrogens with zero attached hydrogens (tertiary/aromatic N) is 2. The van der Waals surface area contributed by atoms with E-state index in [4.69, 9.17) is 0 Å². The van der Waals surface area contributed by atoms with Crippen molar-refractivity contribution in [2.75, 3.05) is 51.6 Å². The van der Waals surface area contributed by atoms with Gasteiger partial charge in [0, 0.05) is 51.9 Å². The molecule has 2 heterocycles. The Balaban J connectivity index is 1.71. The second kappa shape index (κ2) is 5.68. The van der Waals surface area contributed by atoms with Crippen LogP contribution in [-0.4, -0.2) is 80.6 Å². The van der Waals surface area contributed by atoms with Gasteiger partial charge in [-0.1, -0.05) is 0 Å². The minimum absolute atomic E-state index is 0.283. The van der Waals surface area contributed by atoms with Crippen LogP contribution in [0.3, 0.4) is 0 Å². The first kappa shape index (κ1) is 15.2. The Bertz CT molecular complexity index is 391. The first-order valence-electron chi connectivity index (χ1n) is 7.19. The predicted octanol–water partition coefficient (Wildman–Crippen LogP) is -0.211. The zero-order valence-corrected chi connectivity index (χ0v) is 13.2. The van der Waals surface area contributed by atoms with Gasteiger partial charge in [-0.2, -0.15) is 0 Å². The molecule has 2 saturated heterocycles. The standard InChI is InChI=1S/C13H27N3O2S/c1-13(2,3)19(17,18)9-8-15-10-12(11-15)16-6-4-14-5-7-16/h12,14H,4-11H2,1-3H3. The zero-order chi connectivity index (χ0) is 14.1. The first-order chi connectivity index (χ1) is 8.79. The molecule has 5 nitrogen and oxygen atoms in total. The van der Waals surface area contributed by atoms with Crippen molar-refractivity contribution in [3.05, 3.63) is 0 Å². The summed E-state index contributed by atoms with van der Waals surface area (Å²) in [6, 6.07) is 0.638. The van der Waals surface area contributed by atoms with Crippen LogP contribution in [0.1, 0.15) is 20.8 Å². The molecule has 0 aromatic carbocycles. The summed E-state index contributed by atoms with van der Waals surface area (Å²) in [4.78, 5) is 4.78. The molecule has 2 aliphatic heterocycles. The first-order valence-corrected chi connectivity index (χ1v) is 8.84. The number of piperazine rings is 1. The molecular formula is C13H27N3O2S. The van der Waals surface area contributed by atoms with Gasteiger partial charge in [0.05, 0.1) is 10.5 Å². The number of likely N-dealkylation sites (tertiary alicyclic amines) is 1. The lowest BCUT2D eigenvalue weighted by Gasteiger charge is -2.47. The molecule has 0 aliphatic carbocycles. The highest BCUT2D eigenvalue weighted by Gasteiger charge is 2.34. The molecule has 19 heavy (non-hydrogen) atoms. The van der Waals surface area contributed by atoms with E-state index >= 15 is 0 Å². The SMILES string of the molecule is CC(C)(C)S(=O)(=O)CCN1CC(N2CCNCC2)C1. The molecule has 0 saturated carbocycles. The molecule has 2 aliphatic rings. The number of hydrogen-bond acceptors (Lipinski definition) is 5. The molecule has 0 aromatic rings. The summed E-state index contributed by atoms with van der Waals surface area (Å²) in [6.45, 7) is 12.5. The highest BCUT2D eigenvalue weighted by Crippen LogP contribution is 2.19. The Hall–Kier alpha value is -0.170. The fourth-order valence-electron chi connectivity index (χ4n) is 2.56. The lowest BCUT2D eigenvalue weighted by atomic mass is 10.1. The van der Waals surface area contributed by atoms with E-state index in [1.807, 2.05) is 0 Å². The Morgan fingerprint density at radius 1 is 1.16 bits per heavy atom. The molecule has 1 N–H and O–H groups in total. The van der Waals surface area contributed by atoms with Gasteiger partial charge >= 0.3 is 0 Å². The summed E-state index contributed by atoms with van der Waals surface area (Å²) >= 11 is 0. The van der Waals surface area contributed by atoms with E-state index in [1.54, 1.807) is 20.8 Å². The second-order valence-corrected chi connectivity index (χ2v) is 9.49. The summed E-state index contributed by atoms with van der Waals surface area (Å²) in [5, 5.41) is 3.36. The third kappa shape index (κ3) is 3.68. The van der Waals surface area contributed by atoms with Gasteiger partial charge in [-0.3, -0.25) is 9.80 Å². The molecular weight excluding hydrogens is 262 g/mol. The maximum Gasteiger partial charge on any atom is 0.156 e. The van der Waals surface area contributed by atoms with Gasteiger partial charge in [-0.25, -0.2) is 8.42 Å². The third-order valence-corrected chi connectivity index (χ3v) is 6.80. The van der Waals surface area contributed by atoms with Crippen LogP contribution in [0.15, 0.2) is 0 Å². The van der Waals surface area contributed by atoms with Crippen LogP contribution in [-0.2, 0) is 9.84 Å². The average Bonchev–Trinajstić information content (AvgIpc) is 2.26. The predicted molar refractivity (Wildman–Crippen MR) is 78.2 cm³/mol. The third-order valence-electron chi connectivity index (χ3n) is 4.22. The normalized spacial score (nSPS) is 24.4. The number of rotatable bonds is 4. The van der Waals surface area contributed by atoms with E-state index in [0.29, 0.717) is 12.6 Å². The highest BCUT2D eigenvalue weighted by molar-refractivity contribution is 7.92. The summed E-state index contributed by atoms with van der Waals surface area (Å²) in [7, 11) is -2.98. The molecule has 0 amide bonds. The molecule has 112 valence electrons. The Labute approximate surface area is 117 Å². The van der Waals surface area contributed by atoms with Crippen molar-refractivity contribution in [1.82, 2.24) is 15.1 Å².